The first-order valence-electron chi connectivity index (χ1n) is 14.1. The number of fused-ring (bicyclic) bond motifs is 7. The lowest BCUT2D eigenvalue weighted by Crippen LogP contribution is -2.72. The van der Waals surface area contributed by atoms with Gasteiger partial charge in [0.25, 0.3) is 0 Å². The molecular weight excluding hydrogens is 456 g/mol. The van der Waals surface area contributed by atoms with Crippen molar-refractivity contribution in [1.29, 1.82) is 0 Å². The normalized spacial score (nSPS) is 58.0. The molecule has 0 radical (unpaired) electrons. The van der Waals surface area contributed by atoms with Gasteiger partial charge in [-0.3, -0.25) is 4.79 Å². The molecule has 0 aromatic rings. The molecule has 0 spiro atoms. The highest BCUT2D eigenvalue weighted by atomic mass is 16.4. The van der Waals surface area contributed by atoms with Crippen LogP contribution in [-0.4, -0.2) is 55.4 Å². The highest BCUT2D eigenvalue weighted by Crippen LogP contribution is 2.76. The van der Waals surface area contributed by atoms with Crippen LogP contribution in [-0.2, 0) is 4.79 Å². The van der Waals surface area contributed by atoms with Crippen LogP contribution in [0.2, 0.25) is 0 Å². The van der Waals surface area contributed by atoms with Crippen molar-refractivity contribution in [2.75, 3.05) is 0 Å². The fourth-order valence-electron chi connectivity index (χ4n) is 10.9. The summed E-state index contributed by atoms with van der Waals surface area (Å²) in [6, 6.07) is 0. The maximum absolute atomic E-state index is 12.8. The van der Waals surface area contributed by atoms with Crippen LogP contribution < -0.4 is 0 Å². The van der Waals surface area contributed by atoms with Crippen LogP contribution in [0.25, 0.3) is 0 Å². The van der Waals surface area contributed by atoms with E-state index >= 15 is 0 Å². The summed E-state index contributed by atoms with van der Waals surface area (Å²) in [5, 5.41) is 55.9. The quantitative estimate of drug-likeness (QED) is 0.343. The van der Waals surface area contributed by atoms with Crippen LogP contribution in [0.3, 0.4) is 0 Å². The smallest absolute Gasteiger partial charge is 0.310 e. The molecule has 0 saturated heterocycles. The van der Waals surface area contributed by atoms with Crippen LogP contribution in [0.1, 0.15) is 93.4 Å². The minimum atomic E-state index is -1.20. The molecule has 204 valence electrons. The van der Waals surface area contributed by atoms with Crippen molar-refractivity contribution in [2.24, 2.45) is 50.7 Å². The van der Waals surface area contributed by atoms with Gasteiger partial charge in [-0.15, -0.1) is 0 Å². The maximum Gasteiger partial charge on any atom is 0.310 e. The Morgan fingerprint density at radius 2 is 1.53 bits per heavy atom. The molecule has 0 unspecified atom stereocenters. The van der Waals surface area contributed by atoms with Gasteiger partial charge in [0.05, 0.1) is 23.2 Å². The number of allylic oxidation sites excluding steroid dienone is 1. The fourth-order valence-corrected chi connectivity index (χ4v) is 10.9. The van der Waals surface area contributed by atoms with Crippen LogP contribution >= 0.6 is 0 Å². The van der Waals surface area contributed by atoms with E-state index in [1.54, 1.807) is 0 Å². The molecule has 5 aliphatic carbocycles. The number of aliphatic hydroxyl groups excluding tert-OH is 3. The first-order chi connectivity index (χ1) is 16.4. The first-order valence-corrected chi connectivity index (χ1v) is 14.1. The van der Waals surface area contributed by atoms with Crippen molar-refractivity contribution in [1.82, 2.24) is 0 Å². The zero-order valence-corrected chi connectivity index (χ0v) is 23.2. The second-order valence-electron chi connectivity index (χ2n) is 14.9. The molecular formula is C30H48O6. The van der Waals surface area contributed by atoms with Crippen LogP contribution in [0.4, 0.5) is 0 Å². The van der Waals surface area contributed by atoms with E-state index in [0.717, 1.165) is 24.8 Å². The van der Waals surface area contributed by atoms with Crippen molar-refractivity contribution in [3.05, 3.63) is 11.6 Å². The van der Waals surface area contributed by atoms with E-state index in [1.165, 1.54) is 0 Å². The third-order valence-corrected chi connectivity index (χ3v) is 13.6. The summed E-state index contributed by atoms with van der Waals surface area (Å²) in [6.07, 6.45) is 4.02. The van der Waals surface area contributed by atoms with E-state index in [2.05, 4.69) is 26.8 Å². The lowest BCUT2D eigenvalue weighted by Gasteiger charge is -2.72. The number of hydrogen-bond donors (Lipinski definition) is 5. The van der Waals surface area contributed by atoms with E-state index in [9.17, 15) is 30.3 Å². The average molecular weight is 505 g/mol. The van der Waals surface area contributed by atoms with E-state index < -0.39 is 52.0 Å². The van der Waals surface area contributed by atoms with Gasteiger partial charge < -0.3 is 25.5 Å². The number of aliphatic carboxylic acids is 1. The number of hydrogen-bond acceptors (Lipinski definition) is 5. The van der Waals surface area contributed by atoms with Crippen molar-refractivity contribution in [3.8, 4) is 0 Å². The molecule has 5 aliphatic rings. The highest BCUT2D eigenvalue weighted by Gasteiger charge is 2.73. The van der Waals surface area contributed by atoms with Crippen molar-refractivity contribution < 1.29 is 30.3 Å². The highest BCUT2D eigenvalue weighted by molar-refractivity contribution is 5.77. The Labute approximate surface area is 216 Å². The molecule has 0 aromatic heterocycles. The van der Waals surface area contributed by atoms with Gasteiger partial charge in [0, 0.05) is 11.3 Å². The molecule has 6 heteroatoms. The zero-order valence-electron chi connectivity index (χ0n) is 23.2. The van der Waals surface area contributed by atoms with E-state index in [4.69, 9.17) is 0 Å². The van der Waals surface area contributed by atoms with Gasteiger partial charge in [0.15, 0.2) is 0 Å². The lowest BCUT2D eigenvalue weighted by molar-refractivity contribution is -0.279. The predicted molar refractivity (Wildman–Crippen MR) is 137 cm³/mol. The van der Waals surface area contributed by atoms with Gasteiger partial charge in [0.1, 0.15) is 6.10 Å². The van der Waals surface area contributed by atoms with Crippen molar-refractivity contribution >= 4 is 5.97 Å². The zero-order chi connectivity index (χ0) is 26.9. The van der Waals surface area contributed by atoms with Gasteiger partial charge in [-0.1, -0.05) is 53.2 Å². The van der Waals surface area contributed by atoms with Gasteiger partial charge in [0.2, 0.25) is 0 Å². The summed E-state index contributed by atoms with van der Waals surface area (Å²) in [5.41, 5.74) is -2.63. The number of carboxylic acid groups (broad SMARTS) is 1. The standard InChI is InChI=1S/C30H48O6/c1-16-10-13-30(24(34)35)15-14-26(4)17(21(30)29(16,7)36)8-9-19-27(26,5)12-11-18-25(2,3)22(32)20(31)23(33)28(18,19)6/h8,16,18-23,31-33,36H,9-15H2,1-7H3,(H,34,35)/t16-,18+,19+,20-,21-,22+,23-,26-,27-,28+,29-,30+/m1/s1. The van der Waals surface area contributed by atoms with Crippen molar-refractivity contribution in [3.63, 3.8) is 0 Å². The monoisotopic (exact) mass is 504 g/mol. The van der Waals surface area contributed by atoms with Crippen LogP contribution in [0, 0.1) is 50.7 Å². The Hall–Kier alpha value is -0.950. The molecule has 0 heterocycles. The summed E-state index contributed by atoms with van der Waals surface area (Å²) >= 11 is 0. The van der Waals surface area contributed by atoms with E-state index in [-0.39, 0.29) is 28.6 Å². The second-order valence-corrected chi connectivity index (χ2v) is 14.9. The van der Waals surface area contributed by atoms with Gasteiger partial charge in [-0.2, -0.15) is 0 Å². The predicted octanol–water partition coefficient (Wildman–Crippen LogP) is 4.15. The minimum Gasteiger partial charge on any atom is -0.481 e. The van der Waals surface area contributed by atoms with Gasteiger partial charge in [-0.25, -0.2) is 0 Å². The molecule has 5 N–H and O–H groups in total. The number of carbonyl (C=O) groups is 1. The van der Waals surface area contributed by atoms with E-state index in [0.29, 0.717) is 25.7 Å². The minimum absolute atomic E-state index is 0.00890. The van der Waals surface area contributed by atoms with Crippen LogP contribution in [0.5, 0.6) is 0 Å². The average Bonchev–Trinajstić information content (AvgIpc) is 2.79. The molecule has 4 fully saturated rings. The second kappa shape index (κ2) is 7.58. The lowest BCUT2D eigenvalue weighted by atomic mass is 9.32. The molecule has 5 rings (SSSR count). The summed E-state index contributed by atoms with van der Waals surface area (Å²) in [4.78, 5) is 12.8. The molecule has 0 aliphatic heterocycles. The Bertz CT molecular complexity index is 986. The molecule has 0 amide bonds. The molecule has 4 saturated carbocycles. The summed E-state index contributed by atoms with van der Waals surface area (Å²) in [7, 11) is 0. The van der Waals surface area contributed by atoms with Crippen LogP contribution in [0.15, 0.2) is 11.6 Å². The Morgan fingerprint density at radius 1 is 0.889 bits per heavy atom. The Morgan fingerprint density at radius 3 is 2.14 bits per heavy atom. The third-order valence-electron chi connectivity index (χ3n) is 13.6. The summed E-state index contributed by atoms with van der Waals surface area (Å²) in [5.74, 6) is -1.10. The Balaban J connectivity index is 1.67. The fraction of sp³-hybridized carbons (Fsp3) is 0.900. The third kappa shape index (κ3) is 2.80. The van der Waals surface area contributed by atoms with Crippen molar-refractivity contribution in [2.45, 2.75) is 117 Å². The van der Waals surface area contributed by atoms with Gasteiger partial charge in [-0.05, 0) is 85.9 Å². The topological polar surface area (TPSA) is 118 Å². The maximum atomic E-state index is 12.8. The first kappa shape index (κ1) is 26.6. The largest absolute Gasteiger partial charge is 0.481 e. The molecule has 0 aromatic carbocycles. The molecule has 36 heavy (non-hydrogen) atoms. The SMILES string of the molecule is C[C@@H]1CC[C@]2(C(=O)O)CC[C@]3(C)C(=CC[C@@H]4[C@@]5(C)[C@H](O)[C@H](O)[C@H](O)C(C)(C)[C@@H]5CC[C@]43C)[C@@H]2[C@]1(C)O. The molecule has 0 bridgehead atoms. The number of rotatable bonds is 1. The summed E-state index contributed by atoms with van der Waals surface area (Å²) in [6.45, 7) is 14.7. The Kier molecular flexibility index (Phi) is 5.61. The van der Waals surface area contributed by atoms with E-state index in [1.807, 2.05) is 27.7 Å². The molecule has 12 atom stereocenters. The van der Waals surface area contributed by atoms with Gasteiger partial charge >= 0.3 is 5.97 Å². The molecule has 6 nitrogen and oxygen atoms in total. The summed E-state index contributed by atoms with van der Waals surface area (Å²) < 4.78 is 0. The number of aliphatic hydroxyl groups is 4. The number of carboxylic acids is 1.